The van der Waals surface area contributed by atoms with Crippen LogP contribution in [0.2, 0.25) is 0 Å². The third-order valence-corrected chi connectivity index (χ3v) is 3.67. The van der Waals surface area contributed by atoms with E-state index in [1.54, 1.807) is 20.5 Å². The molecule has 0 amide bonds. The molecule has 3 aromatic rings. The highest BCUT2D eigenvalue weighted by atomic mass is 16.5. The lowest BCUT2D eigenvalue weighted by molar-refractivity contribution is 0.391. The Balaban J connectivity index is 1.89. The van der Waals surface area contributed by atoms with Crippen molar-refractivity contribution in [2.24, 2.45) is 7.05 Å². The number of benzene rings is 1. The first kappa shape index (κ1) is 15.0. The number of aromatic nitrogens is 3. The van der Waals surface area contributed by atoms with Crippen molar-refractivity contribution in [1.82, 2.24) is 14.5 Å². The number of ether oxygens (including phenoxy) is 2. The van der Waals surface area contributed by atoms with Gasteiger partial charge in [0.2, 0.25) is 0 Å². The molecule has 0 bridgehead atoms. The van der Waals surface area contributed by atoms with Gasteiger partial charge >= 0.3 is 0 Å². The van der Waals surface area contributed by atoms with Gasteiger partial charge in [-0.15, -0.1) is 0 Å². The van der Waals surface area contributed by atoms with Crippen LogP contribution in [0.25, 0.3) is 11.0 Å². The van der Waals surface area contributed by atoms with Gasteiger partial charge in [0.1, 0.15) is 22.8 Å². The van der Waals surface area contributed by atoms with E-state index in [1.807, 2.05) is 35.9 Å². The van der Waals surface area contributed by atoms with Crippen molar-refractivity contribution in [1.29, 1.82) is 0 Å². The Morgan fingerprint density at radius 2 is 2.04 bits per heavy atom. The van der Waals surface area contributed by atoms with Crippen LogP contribution in [-0.4, -0.2) is 28.8 Å². The number of nitrogens with zero attached hydrogens (tertiary/aromatic N) is 3. The summed E-state index contributed by atoms with van der Waals surface area (Å²) in [5.74, 6) is 2.60. The van der Waals surface area contributed by atoms with Crippen LogP contribution in [0, 0.1) is 0 Å². The lowest BCUT2D eigenvalue weighted by Crippen LogP contribution is -2.05. The van der Waals surface area contributed by atoms with Gasteiger partial charge < -0.3 is 25.1 Å². The molecule has 0 unspecified atom stereocenters. The Labute approximate surface area is 134 Å². The number of pyridine rings is 1. The molecule has 23 heavy (non-hydrogen) atoms. The molecule has 120 valence electrons. The topological polar surface area (TPSA) is 87.2 Å². The number of nitrogens with one attached hydrogen (secondary N) is 1. The van der Waals surface area contributed by atoms with E-state index in [0.717, 1.165) is 28.1 Å². The molecule has 2 heterocycles. The molecule has 0 radical (unpaired) electrons. The van der Waals surface area contributed by atoms with Crippen LogP contribution in [0.5, 0.6) is 11.5 Å². The average Bonchev–Trinajstić information content (AvgIpc) is 2.93. The quantitative estimate of drug-likeness (QED) is 0.751. The first-order valence-electron chi connectivity index (χ1n) is 7.14. The molecule has 0 saturated carbocycles. The summed E-state index contributed by atoms with van der Waals surface area (Å²) in [4.78, 5) is 8.72. The summed E-state index contributed by atoms with van der Waals surface area (Å²) in [7, 11) is 5.18. The highest BCUT2D eigenvalue weighted by Crippen LogP contribution is 2.27. The third kappa shape index (κ3) is 2.85. The first-order chi connectivity index (χ1) is 11.1. The van der Waals surface area contributed by atoms with E-state index in [-0.39, 0.29) is 0 Å². The average molecular weight is 313 g/mol. The van der Waals surface area contributed by atoms with Gasteiger partial charge in [-0.1, -0.05) is 0 Å². The predicted molar refractivity (Wildman–Crippen MR) is 89.8 cm³/mol. The van der Waals surface area contributed by atoms with Gasteiger partial charge in [-0.25, -0.2) is 9.97 Å². The number of nitrogen functional groups attached to an aromatic ring is 1. The molecule has 7 heteroatoms. The van der Waals surface area contributed by atoms with Crippen molar-refractivity contribution in [2.45, 2.75) is 6.54 Å². The summed E-state index contributed by atoms with van der Waals surface area (Å²) in [5, 5.41) is 3.28. The van der Waals surface area contributed by atoms with Crippen molar-refractivity contribution in [3.05, 3.63) is 36.2 Å². The molecule has 0 aliphatic carbocycles. The van der Waals surface area contributed by atoms with Gasteiger partial charge in [0.15, 0.2) is 5.82 Å². The SMILES string of the molecule is COc1ccc(CNc2nc(N)cc3c2ncn3C)c(OC)c1. The second-order valence-electron chi connectivity index (χ2n) is 5.15. The zero-order chi connectivity index (χ0) is 16.4. The molecular formula is C16H19N5O2. The molecule has 0 aliphatic heterocycles. The fourth-order valence-corrected chi connectivity index (χ4v) is 2.45. The number of aryl methyl sites for hydroxylation is 1. The highest BCUT2D eigenvalue weighted by Gasteiger charge is 2.11. The molecule has 0 saturated heterocycles. The number of hydrogen-bond donors (Lipinski definition) is 2. The summed E-state index contributed by atoms with van der Waals surface area (Å²) < 4.78 is 12.5. The normalized spacial score (nSPS) is 10.7. The number of anilines is 2. The standard InChI is InChI=1S/C16H19N5O2/c1-21-9-19-15-12(21)7-14(17)20-16(15)18-8-10-4-5-11(22-2)6-13(10)23-3/h4-7,9H,8H2,1-3H3,(H3,17,18,20). The third-order valence-electron chi connectivity index (χ3n) is 3.67. The molecule has 3 N–H and O–H groups in total. The maximum absolute atomic E-state index is 5.88. The lowest BCUT2D eigenvalue weighted by Gasteiger charge is -2.12. The molecule has 2 aromatic heterocycles. The second kappa shape index (κ2) is 6.04. The minimum atomic E-state index is 0.449. The van der Waals surface area contributed by atoms with E-state index in [4.69, 9.17) is 15.2 Å². The van der Waals surface area contributed by atoms with E-state index < -0.39 is 0 Å². The van der Waals surface area contributed by atoms with Gasteiger partial charge in [-0.05, 0) is 12.1 Å². The fraction of sp³-hybridized carbons (Fsp3) is 0.250. The zero-order valence-electron chi connectivity index (χ0n) is 13.3. The van der Waals surface area contributed by atoms with Crippen LogP contribution in [-0.2, 0) is 13.6 Å². The molecular weight excluding hydrogens is 294 g/mol. The van der Waals surface area contributed by atoms with Crippen molar-refractivity contribution >= 4 is 22.7 Å². The Kier molecular flexibility index (Phi) is 3.92. The lowest BCUT2D eigenvalue weighted by atomic mass is 10.2. The summed E-state index contributed by atoms with van der Waals surface area (Å²) in [6.45, 7) is 0.537. The monoisotopic (exact) mass is 313 g/mol. The van der Waals surface area contributed by atoms with Crippen LogP contribution in [0.15, 0.2) is 30.6 Å². The van der Waals surface area contributed by atoms with Crippen LogP contribution in [0.3, 0.4) is 0 Å². The van der Waals surface area contributed by atoms with Crippen LogP contribution >= 0.6 is 0 Å². The summed E-state index contributed by atoms with van der Waals surface area (Å²) in [6.07, 6.45) is 1.74. The second-order valence-corrected chi connectivity index (χ2v) is 5.15. The first-order valence-corrected chi connectivity index (χ1v) is 7.14. The van der Waals surface area contributed by atoms with Crippen LogP contribution in [0.1, 0.15) is 5.56 Å². The van der Waals surface area contributed by atoms with Gasteiger partial charge in [0.05, 0.1) is 26.1 Å². The number of rotatable bonds is 5. The predicted octanol–water partition coefficient (Wildman–Crippen LogP) is 2.18. The van der Waals surface area contributed by atoms with Crippen molar-refractivity contribution in [3.63, 3.8) is 0 Å². The number of nitrogens with two attached hydrogens (primary N) is 1. The fourth-order valence-electron chi connectivity index (χ4n) is 2.45. The Hall–Kier alpha value is -2.96. The van der Waals surface area contributed by atoms with Crippen molar-refractivity contribution < 1.29 is 9.47 Å². The van der Waals surface area contributed by atoms with Gasteiger partial charge in [0.25, 0.3) is 0 Å². The smallest absolute Gasteiger partial charge is 0.156 e. The highest BCUT2D eigenvalue weighted by molar-refractivity contribution is 5.88. The van der Waals surface area contributed by atoms with Crippen LogP contribution in [0.4, 0.5) is 11.6 Å². The van der Waals surface area contributed by atoms with Gasteiger partial charge in [0, 0.05) is 31.3 Å². The number of hydrogen-bond acceptors (Lipinski definition) is 6. The van der Waals surface area contributed by atoms with E-state index in [9.17, 15) is 0 Å². The zero-order valence-corrected chi connectivity index (χ0v) is 13.3. The maximum Gasteiger partial charge on any atom is 0.156 e. The van der Waals surface area contributed by atoms with E-state index in [2.05, 4.69) is 15.3 Å². The Morgan fingerprint density at radius 3 is 2.78 bits per heavy atom. The maximum atomic E-state index is 5.88. The minimum absolute atomic E-state index is 0.449. The molecule has 0 aliphatic rings. The van der Waals surface area contributed by atoms with E-state index in [0.29, 0.717) is 18.2 Å². The number of fused-ring (bicyclic) bond motifs is 1. The van der Waals surface area contributed by atoms with Gasteiger partial charge in [-0.3, -0.25) is 0 Å². The van der Waals surface area contributed by atoms with E-state index in [1.165, 1.54) is 0 Å². The largest absolute Gasteiger partial charge is 0.497 e. The van der Waals surface area contributed by atoms with Crippen LogP contribution < -0.4 is 20.5 Å². The number of imidazole rings is 1. The molecule has 7 nitrogen and oxygen atoms in total. The van der Waals surface area contributed by atoms with Crippen molar-refractivity contribution in [3.8, 4) is 11.5 Å². The molecule has 0 atom stereocenters. The molecule has 0 spiro atoms. The molecule has 1 aromatic carbocycles. The summed E-state index contributed by atoms with van der Waals surface area (Å²) >= 11 is 0. The van der Waals surface area contributed by atoms with E-state index >= 15 is 0 Å². The van der Waals surface area contributed by atoms with Gasteiger partial charge in [-0.2, -0.15) is 0 Å². The molecule has 0 fully saturated rings. The summed E-state index contributed by atoms with van der Waals surface area (Å²) in [5.41, 5.74) is 8.59. The van der Waals surface area contributed by atoms with Crippen molar-refractivity contribution in [2.75, 3.05) is 25.3 Å². The number of methoxy groups -OCH3 is 2. The summed E-state index contributed by atoms with van der Waals surface area (Å²) in [6, 6.07) is 7.50. The Morgan fingerprint density at radius 1 is 1.22 bits per heavy atom. The Bertz CT molecular complexity index is 844. The molecule has 3 rings (SSSR count). The minimum Gasteiger partial charge on any atom is -0.497 e.